The first-order chi connectivity index (χ1) is 14.9. The van der Waals surface area contributed by atoms with Crippen molar-refractivity contribution in [3.05, 3.63) is 120 Å². The molecule has 0 aliphatic heterocycles. The Kier molecular flexibility index (Phi) is 16.6. The Morgan fingerprint density at radius 1 is 0.688 bits per heavy atom. The van der Waals surface area contributed by atoms with Crippen molar-refractivity contribution in [2.45, 2.75) is 41.5 Å². The van der Waals surface area contributed by atoms with Gasteiger partial charge >= 0.3 is 110 Å². The van der Waals surface area contributed by atoms with Crippen LogP contribution < -0.4 is 4.40 Å². The van der Waals surface area contributed by atoms with Gasteiger partial charge in [-0.3, -0.25) is 0 Å². The number of hydrogen-bond acceptors (Lipinski definition) is 0. The molecule has 0 atom stereocenters. The van der Waals surface area contributed by atoms with Gasteiger partial charge in [-0.15, -0.1) is 0 Å². The third kappa shape index (κ3) is 11.1. The zero-order chi connectivity index (χ0) is 23.2. The average Bonchev–Trinajstić information content (AvgIpc) is 2.79. The Morgan fingerprint density at radius 2 is 1.16 bits per heavy atom. The largest absolute Gasteiger partial charge is 2.00 e. The molecule has 0 amide bonds. The van der Waals surface area contributed by atoms with E-state index in [1.54, 1.807) is 0 Å². The van der Waals surface area contributed by atoms with Crippen molar-refractivity contribution in [1.29, 1.82) is 0 Å². The predicted molar refractivity (Wildman–Crippen MR) is 144 cm³/mol. The van der Waals surface area contributed by atoms with Gasteiger partial charge in [0.25, 0.3) is 0 Å². The SMILES string of the molecule is CC.Cc1ccc(C)c2ccccc12.Cc1ccccc1.[CH-]=C(C)c1[c-][c]([GeH3])ccc1.[Gd+2]. The van der Waals surface area contributed by atoms with Crippen LogP contribution in [0.4, 0.5) is 0 Å². The fraction of sp³-hybridized carbons (Fsp3) is 0.200. The van der Waals surface area contributed by atoms with E-state index in [1.807, 2.05) is 51.1 Å². The first-order valence-electron chi connectivity index (χ1n) is 10.9. The number of fused-ring (bicyclic) bond motifs is 1. The van der Waals surface area contributed by atoms with E-state index in [4.69, 9.17) is 6.58 Å². The molecule has 168 valence electrons. The van der Waals surface area contributed by atoms with Crippen LogP contribution >= 0.6 is 0 Å². The van der Waals surface area contributed by atoms with Crippen molar-refractivity contribution < 1.29 is 39.9 Å². The number of allylic oxidation sites excluding steroid dienone is 1. The van der Waals surface area contributed by atoms with E-state index in [-0.39, 0.29) is 39.9 Å². The second kappa shape index (κ2) is 17.3. The van der Waals surface area contributed by atoms with Gasteiger partial charge in [-0.25, -0.2) is 0 Å². The quantitative estimate of drug-likeness (QED) is 0.161. The first kappa shape index (κ1) is 30.7. The monoisotopic (exact) mass is 628 g/mol. The Balaban J connectivity index is 0.000000440. The minimum atomic E-state index is 0. The summed E-state index contributed by atoms with van der Waals surface area (Å²) in [5, 5.41) is 2.75. The van der Waals surface area contributed by atoms with Crippen LogP contribution in [-0.4, -0.2) is 16.5 Å². The summed E-state index contributed by atoms with van der Waals surface area (Å²) in [6, 6.07) is 32.5. The number of rotatable bonds is 1. The van der Waals surface area contributed by atoms with Gasteiger partial charge in [-0.2, -0.15) is 0 Å². The summed E-state index contributed by atoms with van der Waals surface area (Å²) in [4.78, 5) is 0. The van der Waals surface area contributed by atoms with E-state index in [1.165, 1.54) is 31.9 Å². The van der Waals surface area contributed by atoms with Crippen LogP contribution in [-0.2, 0) is 0 Å². The number of aryl methyl sites for hydroxylation is 3. The Hall–Kier alpha value is -1.25. The maximum Gasteiger partial charge on any atom is 2.00 e. The Morgan fingerprint density at radius 3 is 1.50 bits per heavy atom. The molecule has 4 aromatic rings. The minimum Gasteiger partial charge on any atom is 2.00 e. The van der Waals surface area contributed by atoms with Gasteiger partial charge in [0.1, 0.15) is 0 Å². The van der Waals surface area contributed by atoms with Crippen LogP contribution in [0.3, 0.4) is 0 Å². The molecule has 0 unspecified atom stereocenters. The summed E-state index contributed by atoms with van der Waals surface area (Å²) >= 11 is 0.707. The zero-order valence-electron chi connectivity index (χ0n) is 20.5. The van der Waals surface area contributed by atoms with Crippen LogP contribution in [0, 0.1) is 73.4 Å². The van der Waals surface area contributed by atoms with E-state index in [2.05, 4.69) is 81.4 Å². The molecule has 0 saturated heterocycles. The molecule has 0 nitrogen and oxygen atoms in total. The van der Waals surface area contributed by atoms with Crippen LogP contribution in [0.15, 0.2) is 84.9 Å². The van der Waals surface area contributed by atoms with Crippen molar-refractivity contribution >= 4 is 37.3 Å². The smallest absolute Gasteiger partial charge is 2.00 e. The standard InChI is InChI=1S/C12H12.C9H10Ge.C7H8.C2H6.Gd/c1-9-7-8-10(2)12-6-4-3-5-11(9)12;1-7(2)8-4-3-5-9(10)6-8;1-7-5-3-2-4-6-7;1-2;/h3-8H,1-2H3;1,3-5H,2,10H3;2-6H,1H3;1-2H3;/q;-2;;;+2. The third-order valence-electron chi connectivity index (χ3n) is 4.67. The molecule has 0 fully saturated rings. The van der Waals surface area contributed by atoms with Crippen LogP contribution in [0.5, 0.6) is 0 Å². The number of hydrogen-bond donors (Lipinski definition) is 0. The van der Waals surface area contributed by atoms with Gasteiger partial charge in [-0.1, -0.05) is 86.1 Å². The van der Waals surface area contributed by atoms with Crippen molar-refractivity contribution in [2.24, 2.45) is 0 Å². The summed E-state index contributed by atoms with van der Waals surface area (Å²) < 4.78 is 1.31. The third-order valence-corrected chi connectivity index (χ3v) is 5.89. The molecule has 0 aliphatic rings. The summed E-state index contributed by atoms with van der Waals surface area (Å²) in [7, 11) is 0. The first-order valence-corrected chi connectivity index (χ1v) is 13.0. The molecule has 0 N–H and O–H groups in total. The van der Waals surface area contributed by atoms with E-state index >= 15 is 0 Å². The van der Waals surface area contributed by atoms with Crippen LogP contribution in [0.2, 0.25) is 0 Å². The van der Waals surface area contributed by atoms with E-state index in [9.17, 15) is 0 Å². The van der Waals surface area contributed by atoms with Gasteiger partial charge in [0.2, 0.25) is 0 Å². The van der Waals surface area contributed by atoms with Gasteiger partial charge in [0.05, 0.1) is 0 Å². The Bertz CT molecular complexity index is 1030. The molecule has 2 heteroatoms. The fourth-order valence-corrected chi connectivity index (χ4v) is 3.92. The molecule has 4 rings (SSSR count). The average molecular weight is 626 g/mol. The van der Waals surface area contributed by atoms with Crippen LogP contribution in [0.1, 0.15) is 43.0 Å². The van der Waals surface area contributed by atoms with Gasteiger partial charge in [-0.05, 0) is 42.7 Å². The molecule has 0 spiro atoms. The van der Waals surface area contributed by atoms with Gasteiger partial charge < -0.3 is 0 Å². The van der Waals surface area contributed by atoms with E-state index in [0.29, 0.717) is 16.5 Å². The molecule has 0 bridgehead atoms. The predicted octanol–water partition coefficient (Wildman–Crippen LogP) is 6.79. The van der Waals surface area contributed by atoms with Gasteiger partial charge in [0.15, 0.2) is 0 Å². The fourth-order valence-electron chi connectivity index (χ4n) is 2.95. The van der Waals surface area contributed by atoms with E-state index in [0.717, 1.165) is 11.1 Å². The maximum atomic E-state index is 5.59. The minimum absolute atomic E-state index is 0. The van der Waals surface area contributed by atoms with E-state index < -0.39 is 0 Å². The topological polar surface area (TPSA) is 0 Å². The summed E-state index contributed by atoms with van der Waals surface area (Å²) in [6.07, 6.45) is 0. The second-order valence-electron chi connectivity index (χ2n) is 7.33. The second-order valence-corrected chi connectivity index (χ2v) is 9.59. The van der Waals surface area contributed by atoms with Gasteiger partial charge in [0, 0.05) is 0 Å². The summed E-state index contributed by atoms with van der Waals surface area (Å²) in [5.74, 6) is 0. The molecule has 0 aliphatic carbocycles. The summed E-state index contributed by atoms with van der Waals surface area (Å²) in [6.45, 7) is 17.9. The molecule has 4 aromatic carbocycles. The van der Waals surface area contributed by atoms with Crippen molar-refractivity contribution in [1.82, 2.24) is 0 Å². The van der Waals surface area contributed by atoms with Crippen LogP contribution in [0.25, 0.3) is 16.3 Å². The molecular formula is C30H36GdGe. The molecule has 0 heterocycles. The normalized spacial score (nSPS) is 9.06. The Labute approximate surface area is 236 Å². The molecular weight excluding hydrogens is 590 g/mol. The molecule has 32 heavy (non-hydrogen) atoms. The molecule has 0 saturated carbocycles. The molecule has 0 radical (unpaired) electrons. The maximum absolute atomic E-state index is 5.59. The van der Waals surface area contributed by atoms with Crippen molar-refractivity contribution in [2.75, 3.05) is 0 Å². The van der Waals surface area contributed by atoms with Crippen molar-refractivity contribution in [3.63, 3.8) is 0 Å². The molecule has 0 aromatic heterocycles. The van der Waals surface area contributed by atoms with Crippen molar-refractivity contribution in [3.8, 4) is 0 Å². The summed E-state index contributed by atoms with van der Waals surface area (Å²) in [5.41, 5.74) is 5.94. The number of benzene rings is 4. The zero-order valence-corrected chi connectivity index (χ0v) is 27.0.